The summed E-state index contributed by atoms with van der Waals surface area (Å²) in [7, 11) is 1.78. The van der Waals surface area contributed by atoms with Gasteiger partial charge in [0.05, 0.1) is 22.2 Å². The second-order valence-electron chi connectivity index (χ2n) is 10.2. The fraction of sp³-hybridized carbons (Fsp3) is 0.414. The zero-order valence-electron chi connectivity index (χ0n) is 22.9. The predicted molar refractivity (Wildman–Crippen MR) is 163 cm³/mol. The van der Waals surface area contributed by atoms with Gasteiger partial charge in [0.2, 0.25) is 5.95 Å². The zero-order valence-corrected chi connectivity index (χ0v) is 25.3. The van der Waals surface area contributed by atoms with Crippen LogP contribution in [0.25, 0.3) is 0 Å². The lowest BCUT2D eigenvalue weighted by molar-refractivity contribution is 0.300. The molecule has 1 aromatic heterocycles. The van der Waals surface area contributed by atoms with Gasteiger partial charge in [0, 0.05) is 24.1 Å². The van der Waals surface area contributed by atoms with Gasteiger partial charge in [0.1, 0.15) is 25.0 Å². The Morgan fingerprint density at radius 2 is 1.85 bits per heavy atom. The first kappa shape index (κ1) is 30.2. The van der Waals surface area contributed by atoms with Gasteiger partial charge < -0.3 is 14.8 Å². The number of piperidine rings is 1. The number of rotatable bonds is 11. The number of ether oxygens (including phenoxy) is 2. The van der Waals surface area contributed by atoms with E-state index in [0.717, 1.165) is 54.2 Å². The molecule has 0 bridgehead atoms. The predicted octanol–water partition coefficient (Wildman–Crippen LogP) is 6.09. The lowest BCUT2D eigenvalue weighted by Gasteiger charge is -2.27. The smallest absolute Gasteiger partial charge is 0.238 e. The van der Waals surface area contributed by atoms with Crippen molar-refractivity contribution in [3.8, 4) is 17.6 Å². The number of anilines is 1. The number of thiol groups is 1. The molecule has 212 valence electrons. The molecule has 0 amide bonds. The Balaban J connectivity index is 1.50. The maximum atomic E-state index is 9.68. The number of hydrogen-bond acceptors (Lipinski definition) is 9. The van der Waals surface area contributed by atoms with E-state index >= 15 is 0 Å². The fourth-order valence-corrected chi connectivity index (χ4v) is 5.17. The summed E-state index contributed by atoms with van der Waals surface area (Å²) in [6, 6.07) is 15.8. The summed E-state index contributed by atoms with van der Waals surface area (Å²) in [4.78, 5) is 9.34. The Labute approximate surface area is 251 Å². The molecule has 2 aromatic carbocycles. The van der Waals surface area contributed by atoms with Gasteiger partial charge in [-0.25, -0.2) is 9.97 Å². The Morgan fingerprint density at radius 3 is 2.50 bits per heavy atom. The van der Waals surface area contributed by atoms with Crippen molar-refractivity contribution in [2.75, 3.05) is 38.0 Å². The van der Waals surface area contributed by atoms with Gasteiger partial charge in [-0.15, -0.1) is 11.6 Å². The molecule has 8 nitrogen and oxygen atoms in total. The lowest BCUT2D eigenvalue weighted by Crippen LogP contribution is -2.27. The third-order valence-electron chi connectivity index (χ3n) is 6.99. The maximum Gasteiger partial charge on any atom is 0.238 e. The maximum absolute atomic E-state index is 9.68. The number of halogens is 2. The van der Waals surface area contributed by atoms with Crippen LogP contribution in [-0.2, 0) is 12.0 Å². The van der Waals surface area contributed by atoms with Gasteiger partial charge in [0.25, 0.3) is 0 Å². The van der Waals surface area contributed by atoms with Crippen LogP contribution in [0, 0.1) is 11.3 Å². The fourth-order valence-electron chi connectivity index (χ4n) is 4.73. The minimum absolute atomic E-state index is 0.276. The molecule has 1 saturated heterocycles. The van der Waals surface area contributed by atoms with E-state index in [4.69, 9.17) is 37.7 Å². The number of nitrogens with zero attached hydrogens (tertiary/aromatic N) is 4. The Hall–Kier alpha value is -2.74. The minimum Gasteiger partial charge on any atom is -0.489 e. The SMILES string of the molecule is CN(S)Nc1nc(COc2ccc(C(C)(C)c3cc(Cl)c(OCCCl)c(C#N)c3)cc2)cc(C2CCNCC2)n1. The highest BCUT2D eigenvalue weighted by Gasteiger charge is 2.26. The third-order valence-corrected chi connectivity index (χ3v) is 7.53. The van der Waals surface area contributed by atoms with E-state index in [9.17, 15) is 5.26 Å². The average Bonchev–Trinajstić information content (AvgIpc) is 2.95. The van der Waals surface area contributed by atoms with Crippen molar-refractivity contribution >= 4 is 42.0 Å². The van der Waals surface area contributed by atoms with Crippen LogP contribution in [-0.4, -0.2) is 47.0 Å². The topological polar surface area (TPSA) is 95.3 Å². The molecular weight excluding hydrogens is 567 g/mol. The van der Waals surface area contributed by atoms with E-state index in [2.05, 4.69) is 48.5 Å². The number of nitrogens with one attached hydrogen (secondary N) is 2. The van der Waals surface area contributed by atoms with Gasteiger partial charge in [0.15, 0.2) is 5.75 Å². The highest BCUT2D eigenvalue weighted by molar-refractivity contribution is 7.77. The van der Waals surface area contributed by atoms with Gasteiger partial charge >= 0.3 is 0 Å². The van der Waals surface area contributed by atoms with Crippen LogP contribution in [0.5, 0.6) is 11.5 Å². The van der Waals surface area contributed by atoms with Gasteiger partial charge in [-0.3, -0.25) is 5.43 Å². The highest BCUT2D eigenvalue weighted by Crippen LogP contribution is 2.38. The molecular formula is C29H34Cl2N6O2S. The lowest BCUT2D eigenvalue weighted by atomic mass is 9.77. The van der Waals surface area contributed by atoms with E-state index in [-0.39, 0.29) is 6.61 Å². The molecule has 0 aliphatic carbocycles. The number of hydrazine groups is 1. The van der Waals surface area contributed by atoms with Crippen LogP contribution < -0.4 is 20.2 Å². The van der Waals surface area contributed by atoms with Crippen LogP contribution in [0.4, 0.5) is 5.95 Å². The Morgan fingerprint density at radius 1 is 1.12 bits per heavy atom. The molecule has 40 heavy (non-hydrogen) atoms. The molecule has 0 atom stereocenters. The van der Waals surface area contributed by atoms with Crippen LogP contribution in [0.2, 0.25) is 5.02 Å². The molecule has 0 saturated carbocycles. The zero-order chi connectivity index (χ0) is 28.7. The summed E-state index contributed by atoms with van der Waals surface area (Å²) in [5.74, 6) is 2.28. The van der Waals surface area contributed by atoms with Crippen molar-refractivity contribution in [3.05, 3.63) is 75.6 Å². The van der Waals surface area contributed by atoms with Crippen molar-refractivity contribution in [3.63, 3.8) is 0 Å². The van der Waals surface area contributed by atoms with Crippen LogP contribution in [0.3, 0.4) is 0 Å². The van der Waals surface area contributed by atoms with Crippen LogP contribution in [0.15, 0.2) is 42.5 Å². The molecule has 2 N–H and O–H groups in total. The number of hydrogen-bond donors (Lipinski definition) is 3. The molecule has 3 aromatic rings. The summed E-state index contributed by atoms with van der Waals surface area (Å²) in [6.07, 6.45) is 2.07. The molecule has 0 unspecified atom stereocenters. The highest BCUT2D eigenvalue weighted by atomic mass is 35.5. The molecule has 0 spiro atoms. The average molecular weight is 602 g/mol. The number of alkyl halides is 1. The summed E-state index contributed by atoms with van der Waals surface area (Å²) in [5.41, 5.74) is 6.77. The van der Waals surface area contributed by atoms with E-state index in [1.807, 2.05) is 42.5 Å². The van der Waals surface area contributed by atoms with Crippen molar-refractivity contribution < 1.29 is 9.47 Å². The summed E-state index contributed by atoms with van der Waals surface area (Å²) in [5, 5.41) is 13.5. The second kappa shape index (κ2) is 13.7. The Bertz CT molecular complexity index is 1340. The molecule has 11 heteroatoms. The summed E-state index contributed by atoms with van der Waals surface area (Å²) < 4.78 is 13.3. The number of aromatic nitrogens is 2. The van der Waals surface area contributed by atoms with E-state index in [0.29, 0.717) is 40.7 Å². The standard InChI is InChI=1S/C29H34Cl2N6O2S/c1-29(2,22-14-20(17-32)27(25(31)15-22)38-13-10-30)21-4-6-24(7-5-21)39-18-23-16-26(19-8-11-33-12-9-19)35-28(34-23)36-37(3)40/h4-7,14-16,19,33,40H,8-13,18H2,1-3H3,(H,34,35,36). The van der Waals surface area contributed by atoms with Gasteiger partial charge in [-0.1, -0.05) is 50.4 Å². The van der Waals surface area contributed by atoms with Crippen molar-refractivity contribution in [1.29, 1.82) is 5.26 Å². The molecule has 1 aliphatic rings. The van der Waals surface area contributed by atoms with E-state index in [1.54, 1.807) is 7.05 Å². The largest absolute Gasteiger partial charge is 0.489 e. The molecule has 1 aliphatic heterocycles. The molecule has 4 rings (SSSR count). The number of benzene rings is 2. The van der Waals surface area contributed by atoms with Gasteiger partial charge in [-0.2, -0.15) is 9.68 Å². The minimum atomic E-state index is -0.422. The quantitative estimate of drug-likeness (QED) is 0.138. The van der Waals surface area contributed by atoms with E-state index < -0.39 is 5.41 Å². The van der Waals surface area contributed by atoms with Crippen LogP contribution in [0.1, 0.15) is 60.7 Å². The van der Waals surface area contributed by atoms with Gasteiger partial charge in [-0.05, 0) is 67.4 Å². The van der Waals surface area contributed by atoms with Crippen molar-refractivity contribution in [2.45, 2.75) is 44.6 Å². The first-order valence-electron chi connectivity index (χ1n) is 13.1. The van der Waals surface area contributed by atoms with Crippen molar-refractivity contribution in [1.82, 2.24) is 19.7 Å². The monoisotopic (exact) mass is 600 g/mol. The first-order valence-corrected chi connectivity index (χ1v) is 14.5. The van der Waals surface area contributed by atoms with Crippen molar-refractivity contribution in [2.24, 2.45) is 0 Å². The normalized spacial score (nSPS) is 14.2. The molecule has 2 heterocycles. The third kappa shape index (κ3) is 7.50. The number of nitriles is 1. The second-order valence-corrected chi connectivity index (χ2v) is 11.6. The molecule has 1 fully saturated rings. The van der Waals surface area contributed by atoms with E-state index in [1.165, 1.54) is 4.41 Å². The Kier molecular flexibility index (Phi) is 10.4. The summed E-state index contributed by atoms with van der Waals surface area (Å²) in [6.45, 7) is 6.72. The van der Waals surface area contributed by atoms with Crippen LogP contribution >= 0.6 is 36.0 Å². The molecule has 0 radical (unpaired) electrons. The summed E-state index contributed by atoms with van der Waals surface area (Å²) >= 11 is 16.5. The first-order chi connectivity index (χ1) is 19.2.